The minimum atomic E-state index is -4.12. The van der Waals surface area contributed by atoms with E-state index in [1.165, 1.54) is 18.2 Å². The summed E-state index contributed by atoms with van der Waals surface area (Å²) < 4.78 is 40.3. The van der Waals surface area contributed by atoms with Crippen LogP contribution in [0.3, 0.4) is 0 Å². The van der Waals surface area contributed by atoms with E-state index in [4.69, 9.17) is 40.5 Å². The fourth-order valence-electron chi connectivity index (χ4n) is 1.54. The first-order chi connectivity index (χ1) is 9.72. The first-order valence-corrected chi connectivity index (χ1v) is 8.05. The molecule has 4 nitrogen and oxygen atoms in total. The predicted octanol–water partition coefficient (Wildman–Crippen LogP) is 4.17. The van der Waals surface area contributed by atoms with Crippen LogP contribution < -0.4 is 10.5 Å². The zero-order valence-corrected chi connectivity index (χ0v) is 13.3. The van der Waals surface area contributed by atoms with Gasteiger partial charge in [-0.3, -0.25) is 4.72 Å². The zero-order valence-electron chi connectivity index (χ0n) is 10.2. The second-order valence-corrected chi connectivity index (χ2v) is 6.88. The highest BCUT2D eigenvalue weighted by Crippen LogP contribution is 2.32. The normalized spacial score (nSPS) is 11.4. The van der Waals surface area contributed by atoms with E-state index in [-0.39, 0.29) is 16.4 Å². The van der Waals surface area contributed by atoms with Gasteiger partial charge in [0, 0.05) is 5.02 Å². The van der Waals surface area contributed by atoms with E-state index < -0.39 is 25.8 Å². The van der Waals surface area contributed by atoms with Gasteiger partial charge in [0.25, 0.3) is 10.0 Å². The lowest BCUT2D eigenvalue weighted by atomic mass is 10.3. The second kappa shape index (κ2) is 5.88. The van der Waals surface area contributed by atoms with E-state index in [0.29, 0.717) is 5.02 Å². The summed E-state index contributed by atoms with van der Waals surface area (Å²) in [5.74, 6) is -1.01. The van der Waals surface area contributed by atoms with Gasteiger partial charge in [0.15, 0.2) is 5.82 Å². The van der Waals surface area contributed by atoms with Crippen LogP contribution in [-0.2, 0) is 10.0 Å². The summed E-state index contributed by atoms with van der Waals surface area (Å²) in [6, 6.07) is 6.42. The van der Waals surface area contributed by atoms with Crippen molar-refractivity contribution in [2.75, 3.05) is 10.5 Å². The maximum Gasteiger partial charge on any atom is 0.263 e. The molecule has 0 aromatic heterocycles. The van der Waals surface area contributed by atoms with Crippen LogP contribution in [-0.4, -0.2) is 8.42 Å². The third-order valence-corrected chi connectivity index (χ3v) is 4.96. The van der Waals surface area contributed by atoms with E-state index in [1.807, 2.05) is 0 Å². The number of hydrogen-bond donors (Lipinski definition) is 2. The van der Waals surface area contributed by atoms with Gasteiger partial charge in [-0.15, -0.1) is 0 Å². The molecule has 0 aliphatic rings. The van der Waals surface area contributed by atoms with Crippen molar-refractivity contribution >= 4 is 56.2 Å². The van der Waals surface area contributed by atoms with Crippen molar-refractivity contribution in [1.82, 2.24) is 0 Å². The lowest BCUT2D eigenvalue weighted by Gasteiger charge is -2.12. The second-order valence-electron chi connectivity index (χ2n) is 4.01. The average molecular weight is 370 g/mol. The number of anilines is 2. The largest absolute Gasteiger partial charge is 0.397 e. The molecule has 0 fully saturated rings. The molecule has 2 rings (SSSR count). The van der Waals surface area contributed by atoms with Gasteiger partial charge in [-0.2, -0.15) is 0 Å². The molecule has 0 bridgehead atoms. The molecule has 0 saturated carbocycles. The Morgan fingerprint density at radius 3 is 2.38 bits per heavy atom. The molecule has 0 aliphatic carbocycles. The van der Waals surface area contributed by atoms with Crippen molar-refractivity contribution in [1.29, 1.82) is 0 Å². The molecule has 0 aliphatic heterocycles. The number of nitrogens with two attached hydrogens (primary N) is 1. The monoisotopic (exact) mass is 368 g/mol. The SMILES string of the molecule is Nc1cc(Cl)ccc1NS(=O)(=O)c1ccc(Cl)c(F)c1Cl. The van der Waals surface area contributed by atoms with Crippen molar-refractivity contribution in [2.45, 2.75) is 4.90 Å². The Hall–Kier alpha value is -1.21. The summed E-state index contributed by atoms with van der Waals surface area (Å²) in [4.78, 5) is -0.444. The number of benzene rings is 2. The first-order valence-electron chi connectivity index (χ1n) is 5.43. The Morgan fingerprint density at radius 2 is 1.76 bits per heavy atom. The van der Waals surface area contributed by atoms with Crippen LogP contribution >= 0.6 is 34.8 Å². The van der Waals surface area contributed by atoms with Crippen LogP contribution in [0.4, 0.5) is 15.8 Å². The summed E-state index contributed by atoms with van der Waals surface area (Å²) in [5.41, 5.74) is 5.88. The molecule has 0 radical (unpaired) electrons. The molecular formula is C12H8Cl3FN2O2S. The van der Waals surface area contributed by atoms with Gasteiger partial charge in [-0.05, 0) is 30.3 Å². The van der Waals surface area contributed by atoms with Gasteiger partial charge in [-0.25, -0.2) is 12.8 Å². The maximum absolute atomic E-state index is 13.6. The molecule has 0 amide bonds. The van der Waals surface area contributed by atoms with Crippen molar-refractivity contribution in [3.63, 3.8) is 0 Å². The molecule has 0 saturated heterocycles. The molecule has 0 heterocycles. The predicted molar refractivity (Wildman–Crippen MR) is 83.1 cm³/mol. The molecule has 2 aromatic rings. The number of rotatable bonds is 3. The number of sulfonamides is 1. The highest BCUT2D eigenvalue weighted by atomic mass is 35.5. The van der Waals surface area contributed by atoms with Crippen LogP contribution in [0.25, 0.3) is 0 Å². The Bertz CT molecular complexity index is 812. The zero-order chi connectivity index (χ0) is 15.8. The minimum Gasteiger partial charge on any atom is -0.397 e. The van der Waals surface area contributed by atoms with Gasteiger partial charge in [0.1, 0.15) is 4.90 Å². The lowest BCUT2D eigenvalue weighted by molar-refractivity contribution is 0.595. The van der Waals surface area contributed by atoms with E-state index in [0.717, 1.165) is 12.1 Å². The topological polar surface area (TPSA) is 72.2 Å². The van der Waals surface area contributed by atoms with Crippen LogP contribution in [0.1, 0.15) is 0 Å². The van der Waals surface area contributed by atoms with Crippen molar-refractivity contribution < 1.29 is 12.8 Å². The van der Waals surface area contributed by atoms with Gasteiger partial charge < -0.3 is 5.73 Å². The van der Waals surface area contributed by atoms with Gasteiger partial charge in [0.2, 0.25) is 0 Å². The Balaban J connectivity index is 2.46. The molecule has 0 spiro atoms. The quantitative estimate of drug-likeness (QED) is 0.630. The van der Waals surface area contributed by atoms with Gasteiger partial charge >= 0.3 is 0 Å². The third kappa shape index (κ3) is 3.35. The van der Waals surface area contributed by atoms with Crippen molar-refractivity contribution in [3.8, 4) is 0 Å². The molecule has 9 heteroatoms. The number of halogens is 4. The fourth-order valence-corrected chi connectivity index (χ4v) is 3.56. The molecular weight excluding hydrogens is 362 g/mol. The van der Waals surface area contributed by atoms with E-state index >= 15 is 0 Å². The number of nitrogen functional groups attached to an aromatic ring is 1. The summed E-state index contributed by atoms with van der Waals surface area (Å²) in [6.45, 7) is 0. The smallest absolute Gasteiger partial charge is 0.263 e. The third-order valence-electron chi connectivity index (χ3n) is 2.55. The van der Waals surface area contributed by atoms with E-state index in [1.54, 1.807) is 0 Å². The molecule has 21 heavy (non-hydrogen) atoms. The lowest BCUT2D eigenvalue weighted by Crippen LogP contribution is -2.15. The van der Waals surface area contributed by atoms with Crippen molar-refractivity contribution in [3.05, 3.63) is 51.2 Å². The molecule has 0 atom stereocenters. The Labute approximate surface area is 135 Å². The van der Waals surface area contributed by atoms with Crippen LogP contribution in [0.5, 0.6) is 0 Å². The molecule has 112 valence electrons. The minimum absolute atomic E-state index is 0.103. The van der Waals surface area contributed by atoms with E-state index in [2.05, 4.69) is 4.72 Å². The highest BCUT2D eigenvalue weighted by molar-refractivity contribution is 7.92. The maximum atomic E-state index is 13.6. The van der Waals surface area contributed by atoms with Crippen LogP contribution in [0, 0.1) is 5.82 Å². The van der Waals surface area contributed by atoms with Crippen LogP contribution in [0.15, 0.2) is 35.2 Å². The summed E-state index contributed by atoms with van der Waals surface area (Å²) in [6.07, 6.45) is 0. The summed E-state index contributed by atoms with van der Waals surface area (Å²) >= 11 is 16.9. The molecule has 2 aromatic carbocycles. The van der Waals surface area contributed by atoms with Crippen LogP contribution in [0.2, 0.25) is 15.1 Å². The Kier molecular flexibility index (Phi) is 4.53. The Morgan fingerprint density at radius 1 is 1.10 bits per heavy atom. The van der Waals surface area contributed by atoms with Crippen molar-refractivity contribution in [2.24, 2.45) is 0 Å². The standard InChI is InChI=1S/C12H8Cl3FN2O2S/c13-6-1-3-9(8(17)5-6)18-21(19,20)10-4-2-7(14)12(16)11(10)15/h1-5,18H,17H2. The first kappa shape index (κ1) is 16.2. The fraction of sp³-hybridized carbons (Fsp3) is 0. The van der Waals surface area contributed by atoms with E-state index in [9.17, 15) is 12.8 Å². The number of hydrogen-bond acceptors (Lipinski definition) is 3. The van der Waals surface area contributed by atoms with Gasteiger partial charge in [-0.1, -0.05) is 34.8 Å². The summed E-state index contributed by atoms with van der Waals surface area (Å²) in [5, 5.41) is -0.515. The number of nitrogens with one attached hydrogen (secondary N) is 1. The highest BCUT2D eigenvalue weighted by Gasteiger charge is 2.22. The molecule has 0 unspecified atom stereocenters. The molecule has 3 N–H and O–H groups in total. The average Bonchev–Trinajstić information content (AvgIpc) is 2.39. The van der Waals surface area contributed by atoms with Gasteiger partial charge in [0.05, 0.1) is 21.4 Å². The summed E-state index contributed by atoms with van der Waals surface area (Å²) in [7, 11) is -4.12.